The molecule has 1 aromatic carbocycles. The van der Waals surface area contributed by atoms with Crippen LogP contribution >= 0.6 is 0 Å². The zero-order valence-electron chi connectivity index (χ0n) is 19.7. The number of non-ortho nitro benzene ring substituents is 1. The zero-order valence-corrected chi connectivity index (χ0v) is 19.7. The Labute approximate surface area is 201 Å². The quantitative estimate of drug-likeness (QED) is 0.0880. The van der Waals surface area contributed by atoms with E-state index < -0.39 is 4.92 Å². The summed E-state index contributed by atoms with van der Waals surface area (Å²) in [6.45, 7) is 10.9. The zero-order chi connectivity index (χ0) is 24.5. The average molecular weight is 488 g/mol. The maximum atomic E-state index is 10.6. The van der Waals surface area contributed by atoms with E-state index >= 15 is 0 Å². The fourth-order valence-electron chi connectivity index (χ4n) is 2.37. The van der Waals surface area contributed by atoms with Crippen LogP contribution in [0.5, 0.6) is 5.75 Å². The molecule has 11 nitrogen and oxygen atoms in total. The van der Waals surface area contributed by atoms with Gasteiger partial charge in [-0.15, -0.1) is 6.58 Å². The predicted octanol–water partition coefficient (Wildman–Crippen LogP) is 2.28. The Hall–Kier alpha value is -2.12. The van der Waals surface area contributed by atoms with Gasteiger partial charge in [0, 0.05) is 12.1 Å². The lowest BCUT2D eigenvalue weighted by Gasteiger charge is -2.09. The lowest BCUT2D eigenvalue weighted by molar-refractivity contribution is -0.384. The number of hydrogen-bond donors (Lipinski definition) is 0. The van der Waals surface area contributed by atoms with E-state index in [4.69, 9.17) is 37.9 Å². The van der Waals surface area contributed by atoms with Gasteiger partial charge in [0.2, 0.25) is 0 Å². The summed E-state index contributed by atoms with van der Waals surface area (Å²) in [7, 11) is 0. The van der Waals surface area contributed by atoms with Crippen LogP contribution in [0.25, 0.3) is 0 Å². The molecule has 0 heterocycles. The van der Waals surface area contributed by atoms with Gasteiger partial charge in [0.1, 0.15) is 12.4 Å². The summed E-state index contributed by atoms with van der Waals surface area (Å²) in [6.07, 6.45) is 1.70. The summed E-state index contributed by atoms with van der Waals surface area (Å²) in [5, 5.41) is 10.6. The molecule has 0 atom stereocenters. The van der Waals surface area contributed by atoms with Gasteiger partial charge in [-0.2, -0.15) is 0 Å². The smallest absolute Gasteiger partial charge is 0.269 e. The van der Waals surface area contributed by atoms with Crippen molar-refractivity contribution >= 4 is 5.69 Å². The maximum Gasteiger partial charge on any atom is 0.269 e. The molecular weight excluding hydrogens is 450 g/mol. The fraction of sp³-hybridized carbons (Fsp3) is 0.652. The van der Waals surface area contributed by atoms with Crippen molar-refractivity contribution in [2.24, 2.45) is 0 Å². The number of hydrogen-bond acceptors (Lipinski definition) is 10. The Morgan fingerprint density at radius 1 is 0.618 bits per heavy atom. The lowest BCUT2D eigenvalue weighted by atomic mass is 10.3. The summed E-state index contributed by atoms with van der Waals surface area (Å²) in [5.41, 5.74) is 0.0296. The summed E-state index contributed by atoms with van der Waals surface area (Å²) >= 11 is 0. The first kappa shape index (κ1) is 29.9. The van der Waals surface area contributed by atoms with Gasteiger partial charge < -0.3 is 37.9 Å². The first-order chi connectivity index (χ1) is 16.7. The molecule has 194 valence electrons. The van der Waals surface area contributed by atoms with Crippen molar-refractivity contribution in [3.05, 3.63) is 47.0 Å². The molecule has 1 rings (SSSR count). The Morgan fingerprint density at radius 3 is 1.32 bits per heavy atom. The Bertz CT molecular complexity index is 614. The molecular formula is C23H37NO10. The van der Waals surface area contributed by atoms with E-state index in [1.165, 1.54) is 12.1 Å². The number of ether oxygens (including phenoxy) is 8. The van der Waals surface area contributed by atoms with Crippen molar-refractivity contribution in [1.29, 1.82) is 0 Å². The Balaban J connectivity index is 1.72. The molecule has 0 aliphatic carbocycles. The normalized spacial score (nSPS) is 10.9. The molecule has 0 amide bonds. The van der Waals surface area contributed by atoms with E-state index in [0.717, 1.165) is 0 Å². The molecule has 11 heteroatoms. The average Bonchev–Trinajstić information content (AvgIpc) is 2.84. The van der Waals surface area contributed by atoms with Crippen LogP contribution in [-0.4, -0.2) is 104 Å². The van der Waals surface area contributed by atoms with Gasteiger partial charge in [0.05, 0.1) is 97.4 Å². The summed E-state index contributed by atoms with van der Waals surface area (Å²) in [5.74, 6) is 0.561. The monoisotopic (exact) mass is 487 g/mol. The molecule has 0 saturated heterocycles. The van der Waals surface area contributed by atoms with Crippen LogP contribution < -0.4 is 4.74 Å². The topological polar surface area (TPSA) is 117 Å². The van der Waals surface area contributed by atoms with E-state index in [9.17, 15) is 10.1 Å². The highest BCUT2D eigenvalue weighted by Gasteiger charge is 2.04. The Morgan fingerprint density at radius 2 is 0.971 bits per heavy atom. The largest absolute Gasteiger partial charge is 0.491 e. The Kier molecular flexibility index (Phi) is 19.9. The minimum absolute atomic E-state index is 0.0296. The summed E-state index contributed by atoms with van der Waals surface area (Å²) in [6, 6.07) is 5.91. The van der Waals surface area contributed by atoms with Crippen molar-refractivity contribution in [2.45, 2.75) is 0 Å². The SMILES string of the molecule is C=CCOCCOCCOCCOCCOCCOCCOCCOc1ccc([N+](=O)[O-])cc1. The second-order valence-corrected chi connectivity index (χ2v) is 6.64. The van der Waals surface area contributed by atoms with Gasteiger partial charge in [0.15, 0.2) is 0 Å². The van der Waals surface area contributed by atoms with E-state index in [0.29, 0.717) is 105 Å². The van der Waals surface area contributed by atoms with Crippen LogP contribution in [-0.2, 0) is 33.2 Å². The number of benzene rings is 1. The van der Waals surface area contributed by atoms with Crippen LogP contribution in [0.2, 0.25) is 0 Å². The molecule has 0 aliphatic heterocycles. The van der Waals surface area contributed by atoms with Crippen LogP contribution in [0.3, 0.4) is 0 Å². The number of nitro groups is 1. The highest BCUT2D eigenvalue weighted by atomic mass is 16.6. The molecule has 0 N–H and O–H groups in total. The number of nitro benzene ring substituents is 1. The molecule has 0 bridgehead atoms. The predicted molar refractivity (Wildman–Crippen MR) is 125 cm³/mol. The molecule has 0 saturated carbocycles. The lowest BCUT2D eigenvalue weighted by Crippen LogP contribution is -2.15. The van der Waals surface area contributed by atoms with Crippen molar-refractivity contribution in [1.82, 2.24) is 0 Å². The van der Waals surface area contributed by atoms with E-state index in [1.54, 1.807) is 18.2 Å². The first-order valence-corrected chi connectivity index (χ1v) is 11.3. The van der Waals surface area contributed by atoms with E-state index in [-0.39, 0.29) is 5.69 Å². The third-order valence-corrected chi connectivity index (χ3v) is 4.01. The minimum atomic E-state index is -0.451. The second-order valence-electron chi connectivity index (χ2n) is 6.64. The van der Waals surface area contributed by atoms with Crippen LogP contribution in [0.1, 0.15) is 0 Å². The van der Waals surface area contributed by atoms with Gasteiger partial charge >= 0.3 is 0 Å². The van der Waals surface area contributed by atoms with Crippen molar-refractivity contribution < 1.29 is 42.8 Å². The van der Waals surface area contributed by atoms with Crippen molar-refractivity contribution in [2.75, 3.05) is 99.1 Å². The third-order valence-electron chi connectivity index (χ3n) is 4.01. The first-order valence-electron chi connectivity index (χ1n) is 11.3. The maximum absolute atomic E-state index is 10.6. The van der Waals surface area contributed by atoms with E-state index in [2.05, 4.69) is 6.58 Å². The van der Waals surface area contributed by atoms with Crippen LogP contribution in [0.15, 0.2) is 36.9 Å². The van der Waals surface area contributed by atoms with Gasteiger partial charge in [0.25, 0.3) is 5.69 Å². The molecule has 0 spiro atoms. The van der Waals surface area contributed by atoms with Gasteiger partial charge in [-0.1, -0.05) is 6.08 Å². The molecule has 1 aromatic rings. The van der Waals surface area contributed by atoms with E-state index in [1.807, 2.05) is 0 Å². The van der Waals surface area contributed by atoms with Crippen molar-refractivity contribution in [3.8, 4) is 5.75 Å². The highest BCUT2D eigenvalue weighted by molar-refractivity contribution is 5.35. The van der Waals surface area contributed by atoms with Crippen molar-refractivity contribution in [3.63, 3.8) is 0 Å². The fourth-order valence-corrected chi connectivity index (χ4v) is 2.37. The molecule has 0 aliphatic rings. The second kappa shape index (κ2) is 22.7. The van der Waals surface area contributed by atoms with Crippen LogP contribution in [0, 0.1) is 10.1 Å². The van der Waals surface area contributed by atoms with Gasteiger partial charge in [-0.25, -0.2) is 0 Å². The van der Waals surface area contributed by atoms with Gasteiger partial charge in [-0.3, -0.25) is 10.1 Å². The molecule has 0 aromatic heterocycles. The molecule has 34 heavy (non-hydrogen) atoms. The minimum Gasteiger partial charge on any atom is -0.491 e. The number of rotatable bonds is 25. The molecule has 0 radical (unpaired) electrons. The third kappa shape index (κ3) is 18.3. The van der Waals surface area contributed by atoms with Crippen LogP contribution in [0.4, 0.5) is 5.69 Å². The number of nitrogens with zero attached hydrogens (tertiary/aromatic N) is 1. The highest BCUT2D eigenvalue weighted by Crippen LogP contribution is 2.16. The molecule has 0 fully saturated rings. The molecule has 0 unspecified atom stereocenters. The van der Waals surface area contributed by atoms with Gasteiger partial charge in [-0.05, 0) is 12.1 Å². The summed E-state index contributed by atoms with van der Waals surface area (Å²) < 4.78 is 43.0. The standard InChI is InChI=1S/C23H37NO10/c1-2-7-27-8-9-28-10-11-29-12-13-30-14-15-31-16-17-32-18-19-33-20-21-34-23-5-3-22(4-6-23)24(25)26/h2-6H,1,7-21H2. The summed E-state index contributed by atoms with van der Waals surface area (Å²) in [4.78, 5) is 10.1.